The topological polar surface area (TPSA) is 71.5 Å². The molecular formula is C23H20ClN3O3. The van der Waals surface area contributed by atoms with Crippen molar-refractivity contribution < 1.29 is 14.3 Å². The molecule has 0 unspecified atom stereocenters. The van der Waals surface area contributed by atoms with Crippen molar-refractivity contribution in [3.63, 3.8) is 0 Å². The summed E-state index contributed by atoms with van der Waals surface area (Å²) in [6, 6.07) is 15.9. The van der Waals surface area contributed by atoms with Gasteiger partial charge in [0.2, 0.25) is 5.91 Å². The zero-order valence-electron chi connectivity index (χ0n) is 16.2. The second-order valence-corrected chi connectivity index (χ2v) is 7.38. The average Bonchev–Trinajstić information content (AvgIpc) is 3.19. The summed E-state index contributed by atoms with van der Waals surface area (Å²) in [6.07, 6.45) is 4.69. The highest BCUT2D eigenvalue weighted by atomic mass is 35.5. The van der Waals surface area contributed by atoms with Gasteiger partial charge in [0, 0.05) is 47.7 Å². The molecule has 30 heavy (non-hydrogen) atoms. The van der Waals surface area contributed by atoms with Crippen LogP contribution in [0.15, 0.2) is 67.0 Å². The molecule has 0 aliphatic carbocycles. The molecule has 0 spiro atoms. The lowest BCUT2D eigenvalue weighted by Gasteiger charge is -2.20. The fourth-order valence-electron chi connectivity index (χ4n) is 3.34. The van der Waals surface area contributed by atoms with E-state index >= 15 is 0 Å². The fourth-order valence-corrected chi connectivity index (χ4v) is 3.50. The van der Waals surface area contributed by atoms with Crippen LogP contribution in [0.2, 0.25) is 5.02 Å². The van der Waals surface area contributed by atoms with Crippen LogP contribution in [0.1, 0.15) is 28.8 Å². The minimum Gasteiger partial charge on any atom is -0.489 e. The van der Waals surface area contributed by atoms with Crippen molar-refractivity contribution in [1.82, 2.24) is 4.98 Å². The number of pyridine rings is 1. The second kappa shape index (κ2) is 8.97. The predicted molar refractivity (Wildman–Crippen MR) is 116 cm³/mol. The van der Waals surface area contributed by atoms with Crippen LogP contribution in [0, 0.1) is 0 Å². The first-order chi connectivity index (χ1) is 14.6. The van der Waals surface area contributed by atoms with Gasteiger partial charge in [0.25, 0.3) is 5.91 Å². The number of carbonyl (C=O) groups is 2. The number of nitrogens with zero attached hydrogens (tertiary/aromatic N) is 2. The van der Waals surface area contributed by atoms with Crippen LogP contribution in [-0.2, 0) is 11.4 Å². The number of hydrogen-bond acceptors (Lipinski definition) is 4. The molecule has 1 saturated heterocycles. The van der Waals surface area contributed by atoms with Crippen molar-refractivity contribution in [2.24, 2.45) is 0 Å². The molecule has 0 radical (unpaired) electrons. The number of aromatic nitrogens is 1. The largest absolute Gasteiger partial charge is 0.489 e. The number of benzene rings is 2. The molecule has 0 bridgehead atoms. The van der Waals surface area contributed by atoms with Crippen LogP contribution in [0.3, 0.4) is 0 Å². The summed E-state index contributed by atoms with van der Waals surface area (Å²) in [5.41, 5.74) is 2.48. The van der Waals surface area contributed by atoms with Crippen molar-refractivity contribution in [2.45, 2.75) is 19.4 Å². The molecule has 1 fully saturated rings. The van der Waals surface area contributed by atoms with Crippen LogP contribution >= 0.6 is 11.6 Å². The Morgan fingerprint density at radius 1 is 1.17 bits per heavy atom. The average molecular weight is 422 g/mol. The molecule has 152 valence electrons. The lowest BCUT2D eigenvalue weighted by molar-refractivity contribution is -0.117. The Kier molecular flexibility index (Phi) is 5.95. The van der Waals surface area contributed by atoms with Gasteiger partial charge in [-0.2, -0.15) is 0 Å². The highest BCUT2D eigenvalue weighted by Gasteiger charge is 2.26. The minimum absolute atomic E-state index is 0.00267. The maximum atomic E-state index is 13.0. The molecule has 2 amide bonds. The Bertz CT molecular complexity index is 1070. The highest BCUT2D eigenvalue weighted by Crippen LogP contribution is 2.29. The maximum Gasteiger partial charge on any atom is 0.257 e. The van der Waals surface area contributed by atoms with Crippen molar-refractivity contribution >= 4 is 34.8 Å². The molecule has 0 saturated carbocycles. The summed E-state index contributed by atoms with van der Waals surface area (Å²) in [7, 11) is 0. The van der Waals surface area contributed by atoms with E-state index in [-0.39, 0.29) is 11.8 Å². The van der Waals surface area contributed by atoms with E-state index in [9.17, 15) is 9.59 Å². The molecule has 1 aliphatic rings. The fraction of sp³-hybridized carbons (Fsp3) is 0.174. The van der Waals surface area contributed by atoms with Gasteiger partial charge in [-0.05, 0) is 42.8 Å². The number of amides is 2. The van der Waals surface area contributed by atoms with E-state index in [4.69, 9.17) is 16.3 Å². The zero-order valence-corrected chi connectivity index (χ0v) is 16.9. The maximum absolute atomic E-state index is 13.0. The summed E-state index contributed by atoms with van der Waals surface area (Å²) < 4.78 is 5.79. The van der Waals surface area contributed by atoms with Gasteiger partial charge < -0.3 is 15.0 Å². The lowest BCUT2D eigenvalue weighted by Crippen LogP contribution is -2.27. The van der Waals surface area contributed by atoms with Gasteiger partial charge in [0.1, 0.15) is 12.4 Å². The van der Waals surface area contributed by atoms with Crippen LogP contribution in [0.5, 0.6) is 5.75 Å². The van der Waals surface area contributed by atoms with Gasteiger partial charge in [-0.1, -0.05) is 23.7 Å². The number of ether oxygens (including phenoxy) is 1. The third-order valence-corrected chi connectivity index (χ3v) is 5.02. The quantitative estimate of drug-likeness (QED) is 0.626. The molecule has 2 heterocycles. The van der Waals surface area contributed by atoms with Crippen LogP contribution in [0.4, 0.5) is 11.4 Å². The van der Waals surface area contributed by atoms with Gasteiger partial charge in [-0.25, -0.2) is 0 Å². The van der Waals surface area contributed by atoms with Crippen molar-refractivity contribution in [2.75, 3.05) is 16.8 Å². The number of rotatable bonds is 6. The van der Waals surface area contributed by atoms with E-state index in [0.29, 0.717) is 47.3 Å². The third kappa shape index (κ3) is 4.60. The predicted octanol–water partition coefficient (Wildman–Crippen LogP) is 4.69. The monoisotopic (exact) mass is 421 g/mol. The summed E-state index contributed by atoms with van der Waals surface area (Å²) in [5, 5.41) is 3.36. The Labute approximate surface area is 179 Å². The third-order valence-electron chi connectivity index (χ3n) is 4.79. The molecule has 6 nitrogen and oxygen atoms in total. The molecular weight excluding hydrogens is 402 g/mol. The van der Waals surface area contributed by atoms with Crippen LogP contribution in [0.25, 0.3) is 0 Å². The first kappa shape index (κ1) is 19.9. The number of carbonyl (C=O) groups excluding carboxylic acids is 2. The molecule has 2 aromatic carbocycles. The first-order valence-electron chi connectivity index (χ1n) is 9.63. The Hall–Kier alpha value is -3.38. The molecule has 3 aromatic rings. The van der Waals surface area contributed by atoms with Gasteiger partial charge in [-0.3, -0.25) is 14.6 Å². The SMILES string of the molecule is O=C(Nc1cccc(OCc2cccnc2)c1)c1ccc(Cl)cc1N1CCCC1=O. The molecule has 0 atom stereocenters. The number of nitrogens with one attached hydrogen (secondary N) is 1. The Balaban J connectivity index is 1.50. The van der Waals surface area contributed by atoms with Crippen molar-refractivity contribution in [3.05, 3.63) is 83.1 Å². The Morgan fingerprint density at radius 2 is 2.07 bits per heavy atom. The lowest BCUT2D eigenvalue weighted by atomic mass is 10.1. The second-order valence-electron chi connectivity index (χ2n) is 6.94. The normalized spacial score (nSPS) is 13.4. The van der Waals surface area contributed by atoms with Gasteiger partial charge in [0.05, 0.1) is 11.3 Å². The molecule has 4 rings (SSSR count). The first-order valence-corrected chi connectivity index (χ1v) is 10.0. The van der Waals surface area contributed by atoms with Crippen LogP contribution in [-0.4, -0.2) is 23.3 Å². The number of anilines is 2. The smallest absolute Gasteiger partial charge is 0.257 e. The van der Waals surface area contributed by atoms with Gasteiger partial charge >= 0.3 is 0 Å². The summed E-state index contributed by atoms with van der Waals surface area (Å²) in [6.45, 7) is 0.959. The van der Waals surface area contributed by atoms with E-state index in [1.165, 1.54) is 0 Å². The molecule has 1 aromatic heterocycles. The van der Waals surface area contributed by atoms with Crippen molar-refractivity contribution in [3.8, 4) is 5.75 Å². The van der Waals surface area contributed by atoms with E-state index in [1.807, 2.05) is 18.2 Å². The number of hydrogen-bond donors (Lipinski definition) is 1. The summed E-state index contributed by atoms with van der Waals surface area (Å²) in [4.78, 5) is 30.8. The zero-order chi connectivity index (χ0) is 20.9. The molecule has 7 heteroatoms. The van der Waals surface area contributed by atoms with Crippen molar-refractivity contribution in [1.29, 1.82) is 0 Å². The summed E-state index contributed by atoms with van der Waals surface area (Å²) >= 11 is 6.12. The number of halogens is 1. The van der Waals surface area contributed by atoms with Crippen LogP contribution < -0.4 is 15.0 Å². The molecule has 1 N–H and O–H groups in total. The highest BCUT2D eigenvalue weighted by molar-refractivity contribution is 6.31. The standard InChI is InChI=1S/C23H20ClN3O3/c24-17-8-9-20(21(12-17)27-11-3-7-22(27)28)23(29)26-18-5-1-6-19(13-18)30-15-16-4-2-10-25-14-16/h1-2,4-6,8-10,12-14H,3,7,11,15H2,(H,26,29). The Morgan fingerprint density at radius 3 is 2.83 bits per heavy atom. The van der Waals surface area contributed by atoms with E-state index < -0.39 is 0 Å². The minimum atomic E-state index is -0.314. The molecule has 1 aliphatic heterocycles. The van der Waals surface area contributed by atoms with Gasteiger partial charge in [-0.15, -0.1) is 0 Å². The van der Waals surface area contributed by atoms with E-state index in [0.717, 1.165) is 12.0 Å². The summed E-state index contributed by atoms with van der Waals surface area (Å²) in [5.74, 6) is 0.311. The van der Waals surface area contributed by atoms with E-state index in [2.05, 4.69) is 10.3 Å². The van der Waals surface area contributed by atoms with E-state index in [1.54, 1.807) is 53.7 Å². The van der Waals surface area contributed by atoms with Gasteiger partial charge in [0.15, 0.2) is 0 Å².